The van der Waals surface area contributed by atoms with Gasteiger partial charge in [-0.1, -0.05) is 0 Å². The van der Waals surface area contributed by atoms with Crippen LogP contribution in [0.3, 0.4) is 0 Å². The summed E-state index contributed by atoms with van der Waals surface area (Å²) in [5.41, 5.74) is 1.67. The number of ether oxygens (including phenoxy) is 1. The van der Waals surface area contributed by atoms with Crippen LogP contribution in [-0.4, -0.2) is 32.9 Å². The molecule has 2 aromatic rings. The highest BCUT2D eigenvalue weighted by molar-refractivity contribution is 5.94. The van der Waals surface area contributed by atoms with Crippen LogP contribution in [0, 0.1) is 0 Å². The topological polar surface area (TPSA) is 69.0 Å². The average Bonchev–Trinajstić information content (AvgIpc) is 3.08. The Morgan fingerprint density at radius 2 is 2.10 bits per heavy atom. The third-order valence-electron chi connectivity index (χ3n) is 3.53. The van der Waals surface area contributed by atoms with Crippen LogP contribution in [0.15, 0.2) is 30.6 Å². The number of carbonyl (C=O) groups excluding carboxylic acids is 1. The maximum absolute atomic E-state index is 12.1. The van der Waals surface area contributed by atoms with Crippen LogP contribution >= 0.6 is 0 Å². The predicted molar refractivity (Wildman–Crippen MR) is 78.6 cm³/mol. The zero-order valence-electron chi connectivity index (χ0n) is 12.1. The summed E-state index contributed by atoms with van der Waals surface area (Å²) in [6, 6.07) is 7.48. The van der Waals surface area contributed by atoms with Gasteiger partial charge in [-0.05, 0) is 44.0 Å². The lowest BCUT2D eigenvalue weighted by atomic mass is 10.1. The number of anilines is 1. The third-order valence-corrected chi connectivity index (χ3v) is 3.53. The maximum atomic E-state index is 12.1. The Hall–Kier alpha value is -2.21. The SMILES string of the molecule is C[C@H]1CC[C@@H](C(=O)Nc2ccc(-c3ncn(C)n3)cc2)O1. The highest BCUT2D eigenvalue weighted by Crippen LogP contribution is 2.22. The second kappa shape index (κ2) is 5.65. The summed E-state index contributed by atoms with van der Waals surface area (Å²) < 4.78 is 7.21. The van der Waals surface area contributed by atoms with Crippen molar-refractivity contribution < 1.29 is 9.53 Å². The standard InChI is InChI=1S/C15H18N4O2/c1-10-3-8-13(21-10)15(20)17-12-6-4-11(5-7-12)14-16-9-19(2)18-14/h4-7,9-10,13H,3,8H2,1-2H3,(H,17,20)/t10-,13-/m0/s1. The van der Waals surface area contributed by atoms with Gasteiger partial charge in [-0.25, -0.2) is 4.98 Å². The number of nitrogens with zero attached hydrogens (tertiary/aromatic N) is 3. The number of benzene rings is 1. The van der Waals surface area contributed by atoms with Gasteiger partial charge in [0.15, 0.2) is 5.82 Å². The Morgan fingerprint density at radius 1 is 1.33 bits per heavy atom. The number of aromatic nitrogens is 3. The fourth-order valence-electron chi connectivity index (χ4n) is 2.39. The highest BCUT2D eigenvalue weighted by atomic mass is 16.5. The van der Waals surface area contributed by atoms with Crippen molar-refractivity contribution in [2.24, 2.45) is 7.05 Å². The van der Waals surface area contributed by atoms with Gasteiger partial charge in [0.2, 0.25) is 0 Å². The van der Waals surface area contributed by atoms with Gasteiger partial charge in [0, 0.05) is 18.3 Å². The molecule has 0 saturated carbocycles. The Kier molecular flexibility index (Phi) is 3.70. The third kappa shape index (κ3) is 3.11. The molecule has 1 fully saturated rings. The molecule has 0 aliphatic carbocycles. The maximum Gasteiger partial charge on any atom is 0.253 e. The first-order valence-electron chi connectivity index (χ1n) is 7.04. The number of amides is 1. The average molecular weight is 286 g/mol. The van der Waals surface area contributed by atoms with Crippen LogP contribution in [0.4, 0.5) is 5.69 Å². The number of rotatable bonds is 3. The van der Waals surface area contributed by atoms with E-state index in [1.165, 1.54) is 0 Å². The molecule has 6 heteroatoms. The zero-order valence-corrected chi connectivity index (χ0v) is 12.1. The first-order chi connectivity index (χ1) is 10.1. The quantitative estimate of drug-likeness (QED) is 0.937. The fraction of sp³-hybridized carbons (Fsp3) is 0.400. The van der Waals surface area contributed by atoms with Gasteiger partial charge in [0.1, 0.15) is 12.4 Å². The van der Waals surface area contributed by atoms with Crippen LogP contribution < -0.4 is 5.32 Å². The number of hydrogen-bond donors (Lipinski definition) is 1. The van der Waals surface area contributed by atoms with Crippen molar-refractivity contribution in [1.82, 2.24) is 14.8 Å². The number of aryl methyl sites for hydroxylation is 1. The molecule has 1 aliphatic heterocycles. The molecule has 2 atom stereocenters. The van der Waals surface area contributed by atoms with Crippen LogP contribution in [0.5, 0.6) is 0 Å². The van der Waals surface area contributed by atoms with E-state index in [9.17, 15) is 4.79 Å². The molecule has 1 N–H and O–H groups in total. The smallest absolute Gasteiger partial charge is 0.253 e. The van der Waals surface area contributed by atoms with Gasteiger partial charge >= 0.3 is 0 Å². The number of nitrogens with one attached hydrogen (secondary N) is 1. The van der Waals surface area contributed by atoms with Crippen LogP contribution in [0.1, 0.15) is 19.8 Å². The minimum atomic E-state index is -0.336. The van der Waals surface area contributed by atoms with Gasteiger partial charge < -0.3 is 10.1 Å². The van der Waals surface area contributed by atoms with E-state index >= 15 is 0 Å². The minimum absolute atomic E-state index is 0.0805. The molecular weight excluding hydrogens is 268 g/mol. The predicted octanol–water partition coefficient (Wildman–Crippen LogP) is 1.99. The molecule has 0 radical (unpaired) electrons. The molecule has 1 aliphatic rings. The monoisotopic (exact) mass is 286 g/mol. The van der Waals surface area contributed by atoms with Gasteiger partial charge in [0.05, 0.1) is 6.10 Å². The lowest BCUT2D eigenvalue weighted by Gasteiger charge is -2.11. The van der Waals surface area contributed by atoms with Gasteiger partial charge in [0.25, 0.3) is 5.91 Å². The summed E-state index contributed by atoms with van der Waals surface area (Å²) in [6.07, 6.45) is 3.20. The molecule has 6 nitrogen and oxygen atoms in total. The van der Waals surface area contributed by atoms with Gasteiger partial charge in [-0.3, -0.25) is 9.48 Å². The van der Waals surface area contributed by atoms with Crippen molar-refractivity contribution in [2.45, 2.75) is 32.0 Å². The second-order valence-electron chi connectivity index (χ2n) is 5.32. The molecule has 0 spiro atoms. The van der Waals surface area contributed by atoms with Crippen molar-refractivity contribution in [3.63, 3.8) is 0 Å². The van der Waals surface area contributed by atoms with E-state index < -0.39 is 0 Å². The zero-order chi connectivity index (χ0) is 14.8. The van der Waals surface area contributed by atoms with Crippen molar-refractivity contribution in [3.05, 3.63) is 30.6 Å². The summed E-state index contributed by atoms with van der Waals surface area (Å²) in [5.74, 6) is 0.589. The van der Waals surface area contributed by atoms with E-state index in [2.05, 4.69) is 15.4 Å². The Balaban J connectivity index is 1.66. The Labute approximate surface area is 123 Å². The lowest BCUT2D eigenvalue weighted by molar-refractivity contribution is -0.126. The van der Waals surface area contributed by atoms with E-state index in [1.807, 2.05) is 38.2 Å². The molecule has 0 unspecified atom stereocenters. The summed E-state index contributed by atoms with van der Waals surface area (Å²) >= 11 is 0. The second-order valence-corrected chi connectivity index (χ2v) is 5.32. The molecule has 1 aromatic heterocycles. The first-order valence-corrected chi connectivity index (χ1v) is 7.04. The number of hydrogen-bond acceptors (Lipinski definition) is 4. The van der Waals surface area contributed by atoms with Crippen molar-refractivity contribution in [3.8, 4) is 11.4 Å². The fourth-order valence-corrected chi connectivity index (χ4v) is 2.39. The number of carbonyl (C=O) groups is 1. The molecule has 3 rings (SSSR count). The normalized spacial score (nSPS) is 21.4. The molecule has 1 aromatic carbocycles. The van der Waals surface area contributed by atoms with E-state index in [0.29, 0.717) is 5.82 Å². The summed E-state index contributed by atoms with van der Waals surface area (Å²) in [4.78, 5) is 16.2. The highest BCUT2D eigenvalue weighted by Gasteiger charge is 2.28. The first kappa shape index (κ1) is 13.8. The van der Waals surface area contributed by atoms with E-state index in [4.69, 9.17) is 4.74 Å². The molecular formula is C15H18N4O2. The van der Waals surface area contributed by atoms with E-state index in [0.717, 1.165) is 24.1 Å². The summed E-state index contributed by atoms with van der Waals surface area (Å²) in [6.45, 7) is 1.99. The van der Waals surface area contributed by atoms with Crippen molar-refractivity contribution in [2.75, 3.05) is 5.32 Å². The van der Waals surface area contributed by atoms with E-state index in [1.54, 1.807) is 11.0 Å². The Bertz CT molecular complexity index is 635. The summed E-state index contributed by atoms with van der Waals surface area (Å²) in [7, 11) is 1.83. The molecule has 0 bridgehead atoms. The van der Waals surface area contributed by atoms with Gasteiger partial charge in [-0.15, -0.1) is 0 Å². The van der Waals surface area contributed by atoms with Crippen molar-refractivity contribution >= 4 is 11.6 Å². The largest absolute Gasteiger partial charge is 0.365 e. The van der Waals surface area contributed by atoms with E-state index in [-0.39, 0.29) is 18.1 Å². The molecule has 1 saturated heterocycles. The molecule has 21 heavy (non-hydrogen) atoms. The minimum Gasteiger partial charge on any atom is -0.365 e. The Morgan fingerprint density at radius 3 is 2.67 bits per heavy atom. The lowest BCUT2D eigenvalue weighted by Crippen LogP contribution is -2.27. The van der Waals surface area contributed by atoms with Crippen LogP contribution in [-0.2, 0) is 16.6 Å². The van der Waals surface area contributed by atoms with Crippen LogP contribution in [0.25, 0.3) is 11.4 Å². The molecule has 2 heterocycles. The van der Waals surface area contributed by atoms with Crippen molar-refractivity contribution in [1.29, 1.82) is 0 Å². The molecule has 110 valence electrons. The summed E-state index contributed by atoms with van der Waals surface area (Å²) in [5, 5.41) is 7.12. The molecule has 1 amide bonds. The van der Waals surface area contributed by atoms with Crippen LogP contribution in [0.2, 0.25) is 0 Å². The van der Waals surface area contributed by atoms with Gasteiger partial charge in [-0.2, -0.15) is 5.10 Å².